The molecule has 2 aromatic heterocycles. The van der Waals surface area contributed by atoms with Crippen LogP contribution in [0.4, 0.5) is 0 Å². The first-order valence-corrected chi connectivity index (χ1v) is 7.12. The molecule has 21 heavy (non-hydrogen) atoms. The van der Waals surface area contributed by atoms with E-state index in [1.165, 1.54) is 24.2 Å². The molecule has 3 atom stereocenters. The van der Waals surface area contributed by atoms with E-state index in [2.05, 4.69) is 27.5 Å². The second kappa shape index (κ2) is 3.90. The maximum atomic E-state index is 12.5. The minimum absolute atomic E-state index is 0.0693. The highest BCUT2D eigenvalue weighted by atomic mass is 16.2. The van der Waals surface area contributed by atoms with E-state index in [4.69, 9.17) is 0 Å². The van der Waals surface area contributed by atoms with Crippen LogP contribution in [0.15, 0.2) is 11.1 Å². The number of carbonyl (C=O) groups excluding carboxylic acids is 1. The highest BCUT2D eigenvalue weighted by Crippen LogP contribution is 2.58. The van der Waals surface area contributed by atoms with Gasteiger partial charge in [0.05, 0.1) is 0 Å². The fourth-order valence-electron chi connectivity index (χ4n) is 3.61. The Morgan fingerprint density at radius 3 is 2.95 bits per heavy atom. The molecule has 2 fully saturated rings. The van der Waals surface area contributed by atoms with Crippen molar-refractivity contribution in [1.29, 1.82) is 0 Å². The van der Waals surface area contributed by atoms with Crippen LogP contribution >= 0.6 is 0 Å². The van der Waals surface area contributed by atoms with Crippen molar-refractivity contribution in [3.8, 4) is 0 Å². The van der Waals surface area contributed by atoms with Gasteiger partial charge in [-0.25, -0.2) is 14.2 Å². The van der Waals surface area contributed by atoms with Gasteiger partial charge in [-0.1, -0.05) is 12.1 Å². The minimum atomic E-state index is -0.372. The number of aryl methyl sites for hydroxylation is 1. The number of aromatic nitrogens is 5. The maximum Gasteiger partial charge on any atom is 0.352 e. The number of amides is 1. The molecular formula is C13H16N6O2. The van der Waals surface area contributed by atoms with E-state index in [1.807, 2.05) is 0 Å². The van der Waals surface area contributed by atoms with Gasteiger partial charge in [0.2, 0.25) is 0 Å². The molecule has 3 unspecified atom stereocenters. The molecule has 2 aliphatic carbocycles. The van der Waals surface area contributed by atoms with E-state index in [1.54, 1.807) is 0 Å². The van der Waals surface area contributed by atoms with Gasteiger partial charge in [0.15, 0.2) is 11.3 Å². The summed E-state index contributed by atoms with van der Waals surface area (Å²) in [5, 5.41) is 10.7. The molecule has 0 aromatic carbocycles. The van der Waals surface area contributed by atoms with Crippen LogP contribution in [0.3, 0.4) is 0 Å². The monoisotopic (exact) mass is 288 g/mol. The molecule has 0 saturated heterocycles. The number of hydrogen-bond acceptors (Lipinski definition) is 5. The topological polar surface area (TPSA) is 94.2 Å². The van der Waals surface area contributed by atoms with Crippen molar-refractivity contribution in [3.05, 3.63) is 22.5 Å². The fourth-order valence-corrected chi connectivity index (χ4v) is 3.61. The lowest BCUT2D eigenvalue weighted by Gasteiger charge is -2.20. The van der Waals surface area contributed by atoms with Crippen LogP contribution in [0, 0.1) is 11.8 Å². The maximum absolute atomic E-state index is 12.5. The Morgan fingerprint density at radius 2 is 2.29 bits per heavy atom. The van der Waals surface area contributed by atoms with Crippen molar-refractivity contribution in [2.45, 2.75) is 31.7 Å². The standard InChI is InChI=1S/C13H16N6O2/c1-7-3-4-8-5-13(7,8)15-11(20)9-10-16-17-18(2)12(21)19(10)6-14-9/h6-8H,3-5H2,1-2H3,(H,15,20). The zero-order valence-corrected chi connectivity index (χ0v) is 11.9. The summed E-state index contributed by atoms with van der Waals surface area (Å²) in [4.78, 5) is 28.4. The number of fused-ring (bicyclic) bond motifs is 2. The molecule has 2 aromatic rings. The summed E-state index contributed by atoms with van der Waals surface area (Å²) in [6.45, 7) is 2.17. The van der Waals surface area contributed by atoms with Crippen molar-refractivity contribution in [2.24, 2.45) is 18.9 Å². The Labute approximate surface area is 120 Å². The van der Waals surface area contributed by atoms with E-state index < -0.39 is 0 Å². The third-order valence-corrected chi connectivity index (χ3v) is 5.04. The summed E-state index contributed by atoms with van der Waals surface area (Å²) >= 11 is 0. The van der Waals surface area contributed by atoms with E-state index in [0.29, 0.717) is 11.8 Å². The highest BCUT2D eigenvalue weighted by molar-refractivity contribution is 5.98. The first-order chi connectivity index (χ1) is 10.0. The van der Waals surface area contributed by atoms with Crippen LogP contribution in [0.5, 0.6) is 0 Å². The SMILES string of the molecule is CC1CCC2CC12NC(=O)c1ncn2c(=O)n(C)nnc12. The third kappa shape index (κ3) is 1.58. The number of carbonyl (C=O) groups is 1. The van der Waals surface area contributed by atoms with E-state index in [-0.39, 0.29) is 28.5 Å². The lowest BCUT2D eigenvalue weighted by molar-refractivity contribution is 0.0914. The lowest BCUT2D eigenvalue weighted by Crippen LogP contribution is -2.41. The van der Waals surface area contributed by atoms with E-state index >= 15 is 0 Å². The van der Waals surface area contributed by atoms with Gasteiger partial charge in [-0.2, -0.15) is 4.68 Å². The summed E-state index contributed by atoms with van der Waals surface area (Å²) in [6.07, 6.45) is 4.68. The van der Waals surface area contributed by atoms with Crippen LogP contribution in [0.2, 0.25) is 0 Å². The Bertz CT molecular complexity index is 809. The van der Waals surface area contributed by atoms with Gasteiger partial charge in [0, 0.05) is 12.6 Å². The molecule has 4 rings (SSSR count). The molecule has 0 spiro atoms. The number of imidazole rings is 1. The molecule has 2 aliphatic rings. The number of nitrogens with zero attached hydrogens (tertiary/aromatic N) is 5. The van der Waals surface area contributed by atoms with Crippen molar-refractivity contribution < 1.29 is 4.79 Å². The van der Waals surface area contributed by atoms with Gasteiger partial charge in [-0.15, -0.1) is 5.10 Å². The van der Waals surface area contributed by atoms with Crippen LogP contribution in [0.25, 0.3) is 5.65 Å². The highest BCUT2D eigenvalue weighted by Gasteiger charge is 2.62. The predicted octanol–water partition coefficient (Wildman–Crippen LogP) is -0.259. The minimum Gasteiger partial charge on any atom is -0.345 e. The molecule has 1 amide bonds. The predicted molar refractivity (Wildman–Crippen MR) is 72.7 cm³/mol. The van der Waals surface area contributed by atoms with Crippen molar-refractivity contribution >= 4 is 11.6 Å². The molecule has 2 saturated carbocycles. The molecule has 8 nitrogen and oxygen atoms in total. The number of hydrogen-bond donors (Lipinski definition) is 1. The van der Waals surface area contributed by atoms with Gasteiger partial charge in [0.1, 0.15) is 6.33 Å². The van der Waals surface area contributed by atoms with Crippen LogP contribution in [-0.2, 0) is 7.05 Å². The van der Waals surface area contributed by atoms with E-state index in [0.717, 1.165) is 17.5 Å². The van der Waals surface area contributed by atoms with Crippen molar-refractivity contribution in [3.63, 3.8) is 0 Å². The van der Waals surface area contributed by atoms with Gasteiger partial charge in [-0.3, -0.25) is 4.79 Å². The Hall–Kier alpha value is -2.25. The number of rotatable bonds is 2. The summed E-state index contributed by atoms with van der Waals surface area (Å²) in [7, 11) is 1.50. The van der Waals surface area contributed by atoms with Gasteiger partial charge >= 0.3 is 5.69 Å². The molecule has 0 bridgehead atoms. The zero-order chi connectivity index (χ0) is 14.8. The van der Waals surface area contributed by atoms with Crippen LogP contribution < -0.4 is 11.0 Å². The summed E-state index contributed by atoms with van der Waals surface area (Å²) in [5.74, 6) is 0.805. The fraction of sp³-hybridized carbons (Fsp3) is 0.615. The van der Waals surface area contributed by atoms with Crippen LogP contribution in [0.1, 0.15) is 36.7 Å². The largest absolute Gasteiger partial charge is 0.352 e. The Kier molecular flexibility index (Phi) is 2.32. The van der Waals surface area contributed by atoms with Gasteiger partial charge in [0.25, 0.3) is 5.91 Å². The molecular weight excluding hydrogens is 272 g/mol. The molecule has 0 aliphatic heterocycles. The summed E-state index contributed by atoms with van der Waals surface area (Å²) < 4.78 is 2.34. The van der Waals surface area contributed by atoms with Gasteiger partial charge < -0.3 is 5.32 Å². The Balaban J connectivity index is 1.70. The number of nitrogens with one attached hydrogen (secondary N) is 1. The first-order valence-electron chi connectivity index (χ1n) is 7.12. The second-order valence-electron chi connectivity index (χ2n) is 6.16. The Morgan fingerprint density at radius 1 is 1.48 bits per heavy atom. The smallest absolute Gasteiger partial charge is 0.345 e. The van der Waals surface area contributed by atoms with E-state index in [9.17, 15) is 9.59 Å². The zero-order valence-electron chi connectivity index (χ0n) is 11.9. The normalized spacial score (nSPS) is 30.4. The van der Waals surface area contributed by atoms with Gasteiger partial charge in [-0.05, 0) is 31.1 Å². The molecule has 1 N–H and O–H groups in total. The second-order valence-corrected chi connectivity index (χ2v) is 6.16. The average Bonchev–Trinajstić information content (AvgIpc) is 2.85. The molecule has 110 valence electrons. The average molecular weight is 288 g/mol. The first kappa shape index (κ1) is 12.5. The quantitative estimate of drug-likeness (QED) is 0.821. The molecule has 8 heteroatoms. The summed E-state index contributed by atoms with van der Waals surface area (Å²) in [6, 6.07) is 0. The summed E-state index contributed by atoms with van der Waals surface area (Å²) in [5.41, 5.74) is -0.0716. The van der Waals surface area contributed by atoms with Crippen molar-refractivity contribution in [1.82, 2.24) is 29.7 Å². The molecule has 2 heterocycles. The van der Waals surface area contributed by atoms with Crippen molar-refractivity contribution in [2.75, 3.05) is 0 Å². The molecule has 0 radical (unpaired) electrons. The van der Waals surface area contributed by atoms with Crippen LogP contribution in [-0.4, -0.2) is 35.8 Å². The third-order valence-electron chi connectivity index (χ3n) is 5.04. The lowest BCUT2D eigenvalue weighted by atomic mass is 10.0.